The van der Waals surface area contributed by atoms with Gasteiger partial charge in [-0.1, -0.05) is 42.0 Å². The number of hydrogen-bond donors (Lipinski definition) is 2. The number of aromatic hydroxyl groups is 1. The smallest absolute Gasteiger partial charge is 0.325 e. The van der Waals surface area contributed by atoms with Crippen LogP contribution in [-0.2, 0) is 16.1 Å². The summed E-state index contributed by atoms with van der Waals surface area (Å²) in [4.78, 5) is 23.5. The van der Waals surface area contributed by atoms with Crippen molar-refractivity contribution in [2.24, 2.45) is 0 Å². The summed E-state index contributed by atoms with van der Waals surface area (Å²) < 4.78 is 5.05. The molecular weight excluding hydrogens is 282 g/mol. The number of aryl methyl sites for hydroxylation is 1. The average molecular weight is 299 g/mol. The average Bonchev–Trinajstić information content (AvgIpc) is 2.54. The van der Waals surface area contributed by atoms with Gasteiger partial charge in [-0.3, -0.25) is 9.59 Å². The highest BCUT2D eigenvalue weighted by molar-refractivity contribution is 5.98. The van der Waals surface area contributed by atoms with Crippen molar-refractivity contribution in [2.45, 2.75) is 13.5 Å². The van der Waals surface area contributed by atoms with Crippen LogP contribution in [0.2, 0.25) is 0 Å². The fourth-order valence-corrected chi connectivity index (χ4v) is 1.87. The molecule has 0 atom stereocenters. The molecular formula is C17H17NO4. The molecule has 0 radical (unpaired) electrons. The Morgan fingerprint density at radius 2 is 1.86 bits per heavy atom. The summed E-state index contributed by atoms with van der Waals surface area (Å²) in [6.07, 6.45) is 0. The van der Waals surface area contributed by atoms with Gasteiger partial charge in [-0.2, -0.15) is 0 Å². The van der Waals surface area contributed by atoms with Crippen molar-refractivity contribution in [3.63, 3.8) is 0 Å². The first-order chi connectivity index (χ1) is 10.6. The molecule has 0 aliphatic heterocycles. The van der Waals surface area contributed by atoms with E-state index in [1.54, 1.807) is 12.1 Å². The minimum atomic E-state index is -0.538. The van der Waals surface area contributed by atoms with Crippen molar-refractivity contribution in [3.05, 3.63) is 65.2 Å². The van der Waals surface area contributed by atoms with E-state index in [1.165, 1.54) is 6.07 Å². The Bertz CT molecular complexity index is 668. The van der Waals surface area contributed by atoms with Gasteiger partial charge in [0.1, 0.15) is 18.9 Å². The first-order valence-electron chi connectivity index (χ1n) is 6.83. The predicted octanol–water partition coefficient (Wildman–Crippen LogP) is 2.17. The molecule has 0 aliphatic carbocycles. The van der Waals surface area contributed by atoms with Gasteiger partial charge < -0.3 is 15.2 Å². The van der Waals surface area contributed by atoms with Crippen LogP contribution < -0.4 is 5.32 Å². The van der Waals surface area contributed by atoms with E-state index in [0.29, 0.717) is 0 Å². The number of nitrogens with one attached hydrogen (secondary N) is 1. The third-order valence-electron chi connectivity index (χ3n) is 3.03. The molecule has 0 aromatic heterocycles. The first kappa shape index (κ1) is 15.6. The van der Waals surface area contributed by atoms with E-state index in [4.69, 9.17) is 4.74 Å². The molecule has 2 rings (SSSR count). The number of phenols is 1. The van der Waals surface area contributed by atoms with Crippen LogP contribution in [0.3, 0.4) is 0 Å². The lowest BCUT2D eigenvalue weighted by Gasteiger charge is -2.08. The van der Waals surface area contributed by atoms with Crippen LogP contribution in [0.1, 0.15) is 21.5 Å². The van der Waals surface area contributed by atoms with Crippen LogP contribution in [0.25, 0.3) is 0 Å². The van der Waals surface area contributed by atoms with E-state index < -0.39 is 11.9 Å². The maximum Gasteiger partial charge on any atom is 0.325 e. The molecule has 0 heterocycles. The highest BCUT2D eigenvalue weighted by atomic mass is 16.5. The number of rotatable bonds is 5. The van der Waals surface area contributed by atoms with Crippen molar-refractivity contribution < 1.29 is 19.4 Å². The number of esters is 1. The highest BCUT2D eigenvalue weighted by Crippen LogP contribution is 2.17. The van der Waals surface area contributed by atoms with Crippen LogP contribution >= 0.6 is 0 Å². The quantitative estimate of drug-likeness (QED) is 0.830. The van der Waals surface area contributed by atoms with Gasteiger partial charge in [0.2, 0.25) is 0 Å². The normalized spacial score (nSPS) is 10.0. The fourth-order valence-electron chi connectivity index (χ4n) is 1.87. The third kappa shape index (κ3) is 4.34. The molecule has 0 bridgehead atoms. The van der Waals surface area contributed by atoms with Crippen LogP contribution in [0.5, 0.6) is 5.75 Å². The lowest BCUT2D eigenvalue weighted by molar-refractivity contribution is -0.143. The van der Waals surface area contributed by atoms with Crippen molar-refractivity contribution in [3.8, 4) is 5.75 Å². The summed E-state index contributed by atoms with van der Waals surface area (Å²) in [5.41, 5.74) is 1.85. The molecule has 0 fully saturated rings. The molecule has 0 saturated heterocycles. The van der Waals surface area contributed by atoms with E-state index in [0.717, 1.165) is 11.1 Å². The number of benzene rings is 2. The predicted molar refractivity (Wildman–Crippen MR) is 81.4 cm³/mol. The summed E-state index contributed by atoms with van der Waals surface area (Å²) in [7, 11) is 0. The van der Waals surface area contributed by atoms with Crippen LogP contribution in [0.15, 0.2) is 48.5 Å². The molecule has 0 unspecified atom stereocenters. The summed E-state index contributed by atoms with van der Waals surface area (Å²) >= 11 is 0. The van der Waals surface area contributed by atoms with Crippen molar-refractivity contribution >= 4 is 11.9 Å². The van der Waals surface area contributed by atoms with Gasteiger partial charge in [0, 0.05) is 0 Å². The molecule has 0 aliphatic rings. The second-order valence-corrected chi connectivity index (χ2v) is 4.85. The van der Waals surface area contributed by atoms with Gasteiger partial charge in [0.25, 0.3) is 5.91 Å². The minimum Gasteiger partial charge on any atom is -0.507 e. The molecule has 2 N–H and O–H groups in total. The van der Waals surface area contributed by atoms with Crippen LogP contribution in [-0.4, -0.2) is 23.5 Å². The van der Waals surface area contributed by atoms with E-state index in [9.17, 15) is 14.7 Å². The Hall–Kier alpha value is -2.82. The van der Waals surface area contributed by atoms with E-state index in [2.05, 4.69) is 5.32 Å². The molecule has 22 heavy (non-hydrogen) atoms. The molecule has 2 aromatic carbocycles. The van der Waals surface area contributed by atoms with Gasteiger partial charge in [0.15, 0.2) is 0 Å². The van der Waals surface area contributed by atoms with Gasteiger partial charge in [-0.15, -0.1) is 0 Å². The molecule has 2 aromatic rings. The molecule has 0 saturated carbocycles. The topological polar surface area (TPSA) is 75.6 Å². The Morgan fingerprint density at radius 1 is 1.14 bits per heavy atom. The van der Waals surface area contributed by atoms with Gasteiger partial charge in [-0.25, -0.2) is 0 Å². The van der Waals surface area contributed by atoms with Gasteiger partial charge >= 0.3 is 5.97 Å². The number of carbonyl (C=O) groups is 2. The van der Waals surface area contributed by atoms with E-state index >= 15 is 0 Å². The second kappa shape index (κ2) is 7.26. The fraction of sp³-hybridized carbons (Fsp3) is 0.176. The van der Waals surface area contributed by atoms with Crippen molar-refractivity contribution in [2.75, 3.05) is 6.54 Å². The van der Waals surface area contributed by atoms with E-state index in [1.807, 2.05) is 37.3 Å². The summed E-state index contributed by atoms with van der Waals surface area (Å²) in [5.74, 6) is -1.18. The number of phenolic OH excluding ortho intramolecular Hbond substituents is 1. The monoisotopic (exact) mass is 299 g/mol. The van der Waals surface area contributed by atoms with Crippen molar-refractivity contribution in [1.29, 1.82) is 0 Å². The zero-order chi connectivity index (χ0) is 15.9. The van der Waals surface area contributed by atoms with Gasteiger partial charge in [-0.05, 0) is 24.6 Å². The largest absolute Gasteiger partial charge is 0.507 e. The number of hydrogen-bond acceptors (Lipinski definition) is 4. The Kier molecular flexibility index (Phi) is 5.14. The second-order valence-electron chi connectivity index (χ2n) is 4.85. The maximum absolute atomic E-state index is 11.9. The summed E-state index contributed by atoms with van der Waals surface area (Å²) in [5, 5.41) is 12.1. The zero-order valence-corrected chi connectivity index (χ0v) is 12.2. The first-order valence-corrected chi connectivity index (χ1v) is 6.83. The Balaban J connectivity index is 1.83. The maximum atomic E-state index is 11.9. The standard InChI is InChI=1S/C17H17NO4/c1-12-7-8-15(19)14(9-12)17(21)18-10-16(20)22-11-13-5-3-2-4-6-13/h2-9,19H,10-11H2,1H3,(H,18,21). The van der Waals surface area contributed by atoms with E-state index in [-0.39, 0.29) is 24.5 Å². The Labute approximate surface area is 128 Å². The minimum absolute atomic E-state index is 0.124. The molecule has 1 amide bonds. The third-order valence-corrected chi connectivity index (χ3v) is 3.03. The van der Waals surface area contributed by atoms with Crippen LogP contribution in [0, 0.1) is 6.92 Å². The molecule has 5 nitrogen and oxygen atoms in total. The summed E-state index contributed by atoms with van der Waals surface area (Å²) in [6.45, 7) is 1.72. The lowest BCUT2D eigenvalue weighted by atomic mass is 10.1. The molecule has 5 heteroatoms. The van der Waals surface area contributed by atoms with Crippen LogP contribution in [0.4, 0.5) is 0 Å². The zero-order valence-electron chi connectivity index (χ0n) is 12.2. The van der Waals surface area contributed by atoms with Crippen molar-refractivity contribution in [1.82, 2.24) is 5.32 Å². The number of amides is 1. The van der Waals surface area contributed by atoms with Gasteiger partial charge in [0.05, 0.1) is 5.56 Å². The highest BCUT2D eigenvalue weighted by Gasteiger charge is 2.13. The SMILES string of the molecule is Cc1ccc(O)c(C(=O)NCC(=O)OCc2ccccc2)c1. The molecule has 114 valence electrons. The molecule has 0 spiro atoms. The number of carbonyl (C=O) groups excluding carboxylic acids is 2. The number of ether oxygens (including phenoxy) is 1. The Morgan fingerprint density at radius 3 is 2.59 bits per heavy atom. The summed E-state index contributed by atoms with van der Waals surface area (Å²) in [6, 6.07) is 14.0. The lowest BCUT2D eigenvalue weighted by Crippen LogP contribution is -2.30.